The Kier molecular flexibility index (Phi) is 7.22. The van der Waals surface area contributed by atoms with Crippen LogP contribution in [0.3, 0.4) is 0 Å². The second-order valence-corrected chi connectivity index (χ2v) is 5.08. The van der Waals surface area contributed by atoms with Gasteiger partial charge in [0.25, 0.3) is 0 Å². The Bertz CT molecular complexity index is 483. The lowest BCUT2D eigenvalue weighted by Gasteiger charge is -2.15. The fourth-order valence-electron chi connectivity index (χ4n) is 1.82. The fraction of sp³-hybridized carbons (Fsp3) is 0.467. The van der Waals surface area contributed by atoms with E-state index in [-0.39, 0.29) is 19.6 Å². The SMILES string of the molecule is CCOC(=O)C(Cc1ccc(OC)c(Br)c1)C(=O)OCC. The van der Waals surface area contributed by atoms with E-state index in [1.54, 1.807) is 33.1 Å². The summed E-state index contributed by atoms with van der Waals surface area (Å²) in [6.45, 7) is 3.84. The Morgan fingerprint density at radius 1 is 1.14 bits per heavy atom. The Balaban J connectivity index is 2.92. The van der Waals surface area contributed by atoms with Crippen LogP contribution in [0.25, 0.3) is 0 Å². The molecular weight excluding hydrogens is 340 g/mol. The molecule has 0 fully saturated rings. The Morgan fingerprint density at radius 2 is 1.71 bits per heavy atom. The van der Waals surface area contributed by atoms with Gasteiger partial charge in [0.05, 0.1) is 24.8 Å². The summed E-state index contributed by atoms with van der Waals surface area (Å²) in [6, 6.07) is 5.38. The largest absolute Gasteiger partial charge is 0.496 e. The van der Waals surface area contributed by atoms with Gasteiger partial charge in [0.15, 0.2) is 5.92 Å². The summed E-state index contributed by atoms with van der Waals surface area (Å²) in [5.74, 6) is -1.40. The van der Waals surface area contributed by atoms with Crippen molar-refractivity contribution in [3.8, 4) is 5.75 Å². The van der Waals surface area contributed by atoms with Crippen LogP contribution >= 0.6 is 15.9 Å². The molecule has 0 N–H and O–H groups in total. The lowest BCUT2D eigenvalue weighted by atomic mass is 9.99. The van der Waals surface area contributed by atoms with E-state index in [1.165, 1.54) is 0 Å². The molecule has 0 spiro atoms. The number of esters is 2. The fourth-order valence-corrected chi connectivity index (χ4v) is 2.41. The van der Waals surface area contributed by atoms with Crippen LogP contribution in [0.15, 0.2) is 22.7 Å². The number of carbonyl (C=O) groups excluding carboxylic acids is 2. The maximum absolute atomic E-state index is 11.9. The van der Waals surface area contributed by atoms with Gasteiger partial charge in [-0.1, -0.05) is 6.07 Å². The third-order valence-electron chi connectivity index (χ3n) is 2.80. The molecule has 6 heteroatoms. The molecule has 0 saturated carbocycles. The Hall–Kier alpha value is -1.56. The maximum Gasteiger partial charge on any atom is 0.320 e. The molecule has 0 radical (unpaired) electrons. The lowest BCUT2D eigenvalue weighted by molar-refractivity contribution is -0.161. The van der Waals surface area contributed by atoms with E-state index in [4.69, 9.17) is 14.2 Å². The van der Waals surface area contributed by atoms with Gasteiger partial charge in [0, 0.05) is 0 Å². The molecule has 0 atom stereocenters. The minimum atomic E-state index is -0.954. The van der Waals surface area contributed by atoms with Crippen molar-refractivity contribution >= 4 is 27.9 Å². The predicted octanol–water partition coefficient (Wildman–Crippen LogP) is 2.74. The van der Waals surface area contributed by atoms with Crippen molar-refractivity contribution in [2.75, 3.05) is 20.3 Å². The second-order valence-electron chi connectivity index (χ2n) is 4.23. The summed E-state index contributed by atoms with van der Waals surface area (Å²) in [5.41, 5.74) is 0.814. The van der Waals surface area contributed by atoms with Gasteiger partial charge in [-0.2, -0.15) is 0 Å². The van der Waals surface area contributed by atoms with Crippen LogP contribution in [-0.4, -0.2) is 32.3 Å². The molecule has 116 valence electrons. The van der Waals surface area contributed by atoms with Crippen LogP contribution < -0.4 is 4.74 Å². The number of rotatable bonds is 7. The van der Waals surface area contributed by atoms with E-state index in [0.717, 1.165) is 10.0 Å². The van der Waals surface area contributed by atoms with E-state index in [2.05, 4.69) is 15.9 Å². The first-order valence-corrected chi connectivity index (χ1v) is 7.48. The first-order valence-electron chi connectivity index (χ1n) is 6.69. The van der Waals surface area contributed by atoms with Crippen molar-refractivity contribution in [2.45, 2.75) is 20.3 Å². The van der Waals surface area contributed by atoms with Crippen LogP contribution in [0.2, 0.25) is 0 Å². The van der Waals surface area contributed by atoms with E-state index in [1.807, 2.05) is 6.07 Å². The summed E-state index contributed by atoms with van der Waals surface area (Å²) in [5, 5.41) is 0. The minimum Gasteiger partial charge on any atom is -0.496 e. The Morgan fingerprint density at radius 3 is 2.14 bits per heavy atom. The molecule has 0 heterocycles. The summed E-state index contributed by atoms with van der Waals surface area (Å²) < 4.78 is 15.8. The molecule has 1 rings (SSSR count). The van der Waals surface area contributed by atoms with Crippen molar-refractivity contribution in [1.82, 2.24) is 0 Å². The average molecular weight is 359 g/mol. The third kappa shape index (κ3) is 5.04. The van der Waals surface area contributed by atoms with Gasteiger partial charge in [0.1, 0.15) is 5.75 Å². The molecule has 0 aliphatic carbocycles. The molecule has 0 unspecified atom stereocenters. The Labute approximate surface area is 132 Å². The zero-order valence-corrected chi connectivity index (χ0v) is 13.9. The van der Waals surface area contributed by atoms with E-state index in [9.17, 15) is 9.59 Å². The molecule has 0 amide bonds. The summed E-state index contributed by atoms with van der Waals surface area (Å²) in [4.78, 5) is 23.8. The van der Waals surface area contributed by atoms with Crippen molar-refractivity contribution in [3.63, 3.8) is 0 Å². The molecule has 0 bridgehead atoms. The van der Waals surface area contributed by atoms with Gasteiger partial charge in [-0.15, -0.1) is 0 Å². The van der Waals surface area contributed by atoms with Crippen LogP contribution in [0.5, 0.6) is 5.75 Å². The molecule has 1 aromatic carbocycles. The highest BCUT2D eigenvalue weighted by atomic mass is 79.9. The highest BCUT2D eigenvalue weighted by Gasteiger charge is 2.29. The minimum absolute atomic E-state index is 0.222. The van der Waals surface area contributed by atoms with Crippen molar-refractivity contribution in [2.24, 2.45) is 5.92 Å². The standard InChI is InChI=1S/C15H19BrO5/c1-4-20-14(17)11(15(18)21-5-2)8-10-6-7-13(19-3)12(16)9-10/h6-7,9,11H,4-5,8H2,1-3H3. The van der Waals surface area contributed by atoms with E-state index in [0.29, 0.717) is 5.75 Å². The molecule has 5 nitrogen and oxygen atoms in total. The molecule has 0 saturated heterocycles. The summed E-state index contributed by atoms with van der Waals surface area (Å²) >= 11 is 3.38. The average Bonchev–Trinajstić information content (AvgIpc) is 2.45. The lowest BCUT2D eigenvalue weighted by Crippen LogP contribution is -2.30. The summed E-state index contributed by atoms with van der Waals surface area (Å²) in [7, 11) is 1.57. The van der Waals surface area contributed by atoms with Crippen molar-refractivity contribution in [3.05, 3.63) is 28.2 Å². The number of benzene rings is 1. The number of ether oxygens (including phenoxy) is 3. The molecule has 0 aliphatic rings. The molecule has 1 aromatic rings. The number of methoxy groups -OCH3 is 1. The predicted molar refractivity (Wildman–Crippen MR) is 81.2 cm³/mol. The second kappa shape index (κ2) is 8.67. The van der Waals surface area contributed by atoms with Gasteiger partial charge in [-0.25, -0.2) is 0 Å². The molecule has 0 aromatic heterocycles. The topological polar surface area (TPSA) is 61.8 Å². The molecule has 0 aliphatic heterocycles. The van der Waals surface area contributed by atoms with Crippen molar-refractivity contribution < 1.29 is 23.8 Å². The van der Waals surface area contributed by atoms with Crippen LogP contribution in [0, 0.1) is 5.92 Å². The zero-order valence-electron chi connectivity index (χ0n) is 12.3. The number of hydrogen-bond acceptors (Lipinski definition) is 5. The highest BCUT2D eigenvalue weighted by Crippen LogP contribution is 2.27. The monoisotopic (exact) mass is 358 g/mol. The van der Waals surface area contributed by atoms with Crippen LogP contribution in [0.4, 0.5) is 0 Å². The van der Waals surface area contributed by atoms with Crippen LogP contribution in [-0.2, 0) is 25.5 Å². The summed E-state index contributed by atoms with van der Waals surface area (Å²) in [6.07, 6.45) is 0.222. The van der Waals surface area contributed by atoms with E-state index >= 15 is 0 Å². The van der Waals surface area contributed by atoms with Gasteiger partial charge >= 0.3 is 11.9 Å². The first kappa shape index (κ1) is 17.5. The third-order valence-corrected chi connectivity index (χ3v) is 3.42. The zero-order chi connectivity index (χ0) is 15.8. The normalized spacial score (nSPS) is 10.3. The van der Waals surface area contributed by atoms with Gasteiger partial charge in [-0.05, 0) is 53.9 Å². The van der Waals surface area contributed by atoms with Gasteiger partial charge in [-0.3, -0.25) is 9.59 Å². The number of halogens is 1. The van der Waals surface area contributed by atoms with Gasteiger partial charge < -0.3 is 14.2 Å². The molecular formula is C15H19BrO5. The quantitative estimate of drug-likeness (QED) is 0.553. The highest BCUT2D eigenvalue weighted by molar-refractivity contribution is 9.10. The number of carbonyl (C=O) groups is 2. The maximum atomic E-state index is 11.9. The molecule has 21 heavy (non-hydrogen) atoms. The van der Waals surface area contributed by atoms with Crippen molar-refractivity contribution in [1.29, 1.82) is 0 Å². The van der Waals surface area contributed by atoms with E-state index < -0.39 is 17.9 Å². The first-order chi connectivity index (χ1) is 10.0. The smallest absolute Gasteiger partial charge is 0.320 e. The van der Waals surface area contributed by atoms with Gasteiger partial charge in [0.2, 0.25) is 0 Å². The van der Waals surface area contributed by atoms with Crippen LogP contribution in [0.1, 0.15) is 19.4 Å². The number of hydrogen-bond donors (Lipinski definition) is 0.